The lowest BCUT2D eigenvalue weighted by atomic mass is 10.1. The number of rotatable bonds is 10. The summed E-state index contributed by atoms with van der Waals surface area (Å²) in [5, 5.41) is 5.79. The lowest BCUT2D eigenvalue weighted by Crippen LogP contribution is -2.62. The Balaban J connectivity index is 1.15. The first kappa shape index (κ1) is 33.2. The van der Waals surface area contributed by atoms with Crippen molar-refractivity contribution in [1.29, 1.82) is 0 Å². The largest absolute Gasteiger partial charge is 0.457 e. The zero-order valence-corrected chi connectivity index (χ0v) is 27.3. The molecule has 1 unspecified atom stereocenters. The molecule has 0 saturated carbocycles. The number of morpholine rings is 1. The van der Waals surface area contributed by atoms with Crippen molar-refractivity contribution in [3.63, 3.8) is 0 Å². The first-order valence-corrected chi connectivity index (χ1v) is 17.4. The van der Waals surface area contributed by atoms with E-state index in [0.717, 1.165) is 24.2 Å². The van der Waals surface area contributed by atoms with Gasteiger partial charge < -0.3 is 25.0 Å². The number of benzene rings is 4. The fourth-order valence-electron chi connectivity index (χ4n) is 5.75. The molecule has 11 nitrogen and oxygen atoms in total. The van der Waals surface area contributed by atoms with Crippen molar-refractivity contribution in [1.82, 2.24) is 19.4 Å². The van der Waals surface area contributed by atoms with Gasteiger partial charge >= 0.3 is 6.03 Å². The second-order valence-corrected chi connectivity index (χ2v) is 13.5. The minimum absolute atomic E-state index is 0.0401. The molecule has 2 N–H and O–H groups in total. The number of carbonyl (C=O) groups excluding carboxylic acids is 2. The summed E-state index contributed by atoms with van der Waals surface area (Å²) < 4.78 is 40.4. The molecule has 0 aliphatic carbocycles. The fraction of sp³-hybridized carbons (Fsp3) is 0.278. The summed E-state index contributed by atoms with van der Waals surface area (Å²) in [6, 6.07) is 31.1. The van der Waals surface area contributed by atoms with Crippen molar-refractivity contribution in [2.24, 2.45) is 0 Å². The van der Waals surface area contributed by atoms with Crippen LogP contribution in [0.25, 0.3) is 11.1 Å². The van der Waals surface area contributed by atoms with E-state index in [2.05, 4.69) is 15.5 Å². The number of anilines is 1. The van der Waals surface area contributed by atoms with Crippen molar-refractivity contribution in [2.75, 3.05) is 64.3 Å². The zero-order valence-electron chi connectivity index (χ0n) is 26.5. The number of urea groups is 1. The molecule has 2 fully saturated rings. The highest BCUT2D eigenvalue weighted by molar-refractivity contribution is 7.89. The topological polar surface area (TPSA) is 121 Å². The molecule has 4 aromatic carbocycles. The summed E-state index contributed by atoms with van der Waals surface area (Å²) in [4.78, 5) is 30.8. The number of sulfonamides is 1. The van der Waals surface area contributed by atoms with Gasteiger partial charge in [-0.1, -0.05) is 60.7 Å². The third-order valence-corrected chi connectivity index (χ3v) is 10.3. The van der Waals surface area contributed by atoms with E-state index in [9.17, 15) is 18.0 Å². The van der Waals surface area contributed by atoms with Gasteiger partial charge in [0, 0.05) is 51.5 Å². The number of nitrogens with zero attached hydrogens (tertiary/aromatic N) is 3. The molecule has 12 heteroatoms. The van der Waals surface area contributed by atoms with E-state index < -0.39 is 28.0 Å². The Kier molecular flexibility index (Phi) is 10.7. The van der Waals surface area contributed by atoms with Crippen LogP contribution in [0.2, 0.25) is 0 Å². The molecule has 6 rings (SSSR count). The SMILES string of the molecule is O=C(NCCN1CCOCC1)C1CN(C(=O)Nc2ccc(Oc3ccccc3)cc2)CCN1S(=O)(=O)c1ccc(-c2ccccc2)cc1. The molecular weight excluding hydrogens is 630 g/mol. The maximum Gasteiger partial charge on any atom is 0.321 e. The van der Waals surface area contributed by atoms with Crippen LogP contribution in [-0.2, 0) is 19.6 Å². The standard InChI is InChI=1S/C36H39N5O6S/c42-35(37-19-20-39-23-25-46-26-24-39)34-27-40(36(43)38-30-13-15-32(16-14-30)47-31-9-5-2-6-10-31)21-22-41(34)48(44,45)33-17-11-29(12-18-33)28-7-3-1-4-8-28/h1-18,34H,19-27H2,(H,37,42)(H,38,43). The summed E-state index contributed by atoms with van der Waals surface area (Å²) in [5.41, 5.74) is 2.39. The van der Waals surface area contributed by atoms with Gasteiger partial charge in [-0.15, -0.1) is 0 Å². The minimum Gasteiger partial charge on any atom is -0.457 e. The highest BCUT2D eigenvalue weighted by Gasteiger charge is 2.41. The predicted molar refractivity (Wildman–Crippen MR) is 183 cm³/mol. The van der Waals surface area contributed by atoms with Crippen LogP contribution in [0, 0.1) is 0 Å². The van der Waals surface area contributed by atoms with Gasteiger partial charge in [0.05, 0.1) is 18.1 Å². The average Bonchev–Trinajstić information content (AvgIpc) is 3.13. The number of hydrogen-bond donors (Lipinski definition) is 2. The maximum absolute atomic E-state index is 14.0. The average molecular weight is 670 g/mol. The zero-order chi connectivity index (χ0) is 33.3. The number of nitrogens with one attached hydrogen (secondary N) is 2. The molecule has 2 aliphatic heterocycles. The van der Waals surface area contributed by atoms with Crippen LogP contribution >= 0.6 is 0 Å². The molecule has 0 aromatic heterocycles. The van der Waals surface area contributed by atoms with Crippen molar-refractivity contribution < 1.29 is 27.5 Å². The monoisotopic (exact) mass is 669 g/mol. The smallest absolute Gasteiger partial charge is 0.321 e. The lowest BCUT2D eigenvalue weighted by molar-refractivity contribution is -0.126. The third kappa shape index (κ3) is 8.20. The van der Waals surface area contributed by atoms with Gasteiger partial charge in [0.2, 0.25) is 15.9 Å². The van der Waals surface area contributed by atoms with Crippen molar-refractivity contribution >= 4 is 27.6 Å². The van der Waals surface area contributed by atoms with Gasteiger partial charge in [-0.3, -0.25) is 9.69 Å². The first-order chi connectivity index (χ1) is 23.4. The number of piperazine rings is 1. The Morgan fingerprint density at radius 2 is 1.38 bits per heavy atom. The summed E-state index contributed by atoms with van der Waals surface area (Å²) in [6.07, 6.45) is 0. The summed E-state index contributed by atoms with van der Waals surface area (Å²) in [6.45, 7) is 3.74. The number of amides is 3. The Hall–Kier alpha value is -4.75. The van der Waals surface area contributed by atoms with E-state index in [1.807, 2.05) is 60.7 Å². The van der Waals surface area contributed by atoms with E-state index >= 15 is 0 Å². The Morgan fingerprint density at radius 3 is 2.06 bits per heavy atom. The molecule has 2 aliphatic rings. The van der Waals surface area contributed by atoms with Crippen molar-refractivity contribution in [2.45, 2.75) is 10.9 Å². The third-order valence-electron chi connectivity index (χ3n) is 8.40. The second-order valence-electron chi connectivity index (χ2n) is 11.6. The lowest BCUT2D eigenvalue weighted by Gasteiger charge is -2.39. The number of hydrogen-bond acceptors (Lipinski definition) is 7. The van der Waals surface area contributed by atoms with Crippen LogP contribution in [0.5, 0.6) is 11.5 Å². The molecule has 1 atom stereocenters. The molecule has 0 spiro atoms. The van der Waals surface area contributed by atoms with Crippen LogP contribution in [0.3, 0.4) is 0 Å². The fourth-order valence-corrected chi connectivity index (χ4v) is 7.32. The van der Waals surface area contributed by atoms with E-state index in [4.69, 9.17) is 9.47 Å². The Labute approximate surface area is 281 Å². The van der Waals surface area contributed by atoms with Gasteiger partial charge in [-0.05, 0) is 59.7 Å². The number of para-hydroxylation sites is 1. The van der Waals surface area contributed by atoms with Gasteiger partial charge in [0.15, 0.2) is 0 Å². The van der Waals surface area contributed by atoms with Crippen LogP contribution in [0.15, 0.2) is 114 Å². The molecule has 2 heterocycles. The summed E-state index contributed by atoms with van der Waals surface area (Å²) in [7, 11) is -4.07. The van der Waals surface area contributed by atoms with Crippen molar-refractivity contribution in [3.8, 4) is 22.6 Å². The van der Waals surface area contributed by atoms with E-state index in [1.54, 1.807) is 48.5 Å². The summed E-state index contributed by atoms with van der Waals surface area (Å²) >= 11 is 0. The second kappa shape index (κ2) is 15.4. The van der Waals surface area contributed by atoms with Crippen LogP contribution in [0.4, 0.5) is 10.5 Å². The molecule has 0 bridgehead atoms. The van der Waals surface area contributed by atoms with E-state index in [1.165, 1.54) is 9.21 Å². The Bertz CT molecular complexity index is 1770. The minimum atomic E-state index is -4.07. The van der Waals surface area contributed by atoms with E-state index in [0.29, 0.717) is 43.5 Å². The molecule has 250 valence electrons. The van der Waals surface area contributed by atoms with Gasteiger partial charge in [0.1, 0.15) is 17.5 Å². The summed E-state index contributed by atoms with van der Waals surface area (Å²) in [5.74, 6) is 0.861. The molecule has 4 aromatic rings. The van der Waals surface area contributed by atoms with Gasteiger partial charge in [0.25, 0.3) is 0 Å². The predicted octanol–water partition coefficient (Wildman–Crippen LogP) is 4.50. The first-order valence-electron chi connectivity index (χ1n) is 16.0. The van der Waals surface area contributed by atoms with Crippen LogP contribution < -0.4 is 15.4 Å². The normalized spacial score (nSPS) is 17.4. The number of carbonyl (C=O) groups is 2. The van der Waals surface area contributed by atoms with Crippen LogP contribution in [0.1, 0.15) is 0 Å². The van der Waals surface area contributed by atoms with Crippen molar-refractivity contribution in [3.05, 3.63) is 109 Å². The van der Waals surface area contributed by atoms with Crippen LogP contribution in [-0.4, -0.2) is 99.5 Å². The maximum atomic E-state index is 14.0. The molecule has 2 saturated heterocycles. The highest BCUT2D eigenvalue weighted by atomic mass is 32.2. The highest BCUT2D eigenvalue weighted by Crippen LogP contribution is 2.27. The van der Waals surface area contributed by atoms with Gasteiger partial charge in [-0.2, -0.15) is 4.31 Å². The van der Waals surface area contributed by atoms with E-state index in [-0.39, 0.29) is 24.5 Å². The molecular formula is C36H39N5O6S. The molecule has 3 amide bonds. The molecule has 0 radical (unpaired) electrons. The Morgan fingerprint density at radius 1 is 0.750 bits per heavy atom. The molecule has 48 heavy (non-hydrogen) atoms. The quantitative estimate of drug-likeness (QED) is 0.255. The number of ether oxygens (including phenoxy) is 2. The van der Waals surface area contributed by atoms with Gasteiger partial charge in [-0.25, -0.2) is 13.2 Å².